The number of pyridine rings is 1. The van der Waals surface area contributed by atoms with E-state index in [4.69, 9.17) is 11.0 Å². The molecular weight excluding hydrogens is 224 g/mol. The van der Waals surface area contributed by atoms with Gasteiger partial charge in [0.05, 0.1) is 11.6 Å². The van der Waals surface area contributed by atoms with Crippen LogP contribution in [0.2, 0.25) is 0 Å². The first-order chi connectivity index (χ1) is 8.42. The van der Waals surface area contributed by atoms with Gasteiger partial charge in [0.2, 0.25) is 0 Å². The topological polar surface area (TPSA) is 65.9 Å². The minimum Gasteiger partial charge on any atom is -0.356 e. The van der Waals surface area contributed by atoms with Crippen molar-refractivity contribution in [3.63, 3.8) is 0 Å². The molecule has 0 saturated carbocycles. The van der Waals surface area contributed by atoms with E-state index in [1.165, 1.54) is 0 Å². The van der Waals surface area contributed by atoms with E-state index in [0.717, 1.165) is 31.0 Å². The molecule has 0 aromatic carbocycles. The highest BCUT2D eigenvalue weighted by Gasteiger charge is 2.33. The Balaban J connectivity index is 2.28. The Hall–Kier alpha value is -1.60. The third-order valence-corrected chi connectivity index (χ3v) is 3.71. The van der Waals surface area contributed by atoms with Gasteiger partial charge < -0.3 is 10.6 Å². The van der Waals surface area contributed by atoms with Crippen LogP contribution in [0.25, 0.3) is 0 Å². The van der Waals surface area contributed by atoms with Crippen LogP contribution in [0.5, 0.6) is 0 Å². The lowest BCUT2D eigenvalue weighted by molar-refractivity contribution is 0.244. The maximum atomic E-state index is 9.01. The fourth-order valence-electron chi connectivity index (χ4n) is 2.45. The first-order valence-electron chi connectivity index (χ1n) is 6.32. The summed E-state index contributed by atoms with van der Waals surface area (Å²) in [5.74, 6) is 0.895. The lowest BCUT2D eigenvalue weighted by Gasteiger charge is -2.43. The Labute approximate surface area is 108 Å². The molecular formula is C14H20N4. The zero-order chi connectivity index (χ0) is 13.3. The van der Waals surface area contributed by atoms with Crippen molar-refractivity contribution in [2.45, 2.75) is 33.2 Å². The molecule has 96 valence electrons. The van der Waals surface area contributed by atoms with Gasteiger partial charge in [0, 0.05) is 24.8 Å². The normalized spacial score (nSPS) is 22.6. The molecule has 0 spiro atoms. The van der Waals surface area contributed by atoms with Crippen molar-refractivity contribution in [3.05, 3.63) is 23.4 Å². The number of aryl methyl sites for hydroxylation is 1. The van der Waals surface area contributed by atoms with Crippen molar-refractivity contribution < 1.29 is 0 Å². The van der Waals surface area contributed by atoms with Gasteiger partial charge in [-0.25, -0.2) is 4.98 Å². The van der Waals surface area contributed by atoms with Crippen molar-refractivity contribution in [2.24, 2.45) is 11.1 Å². The minimum atomic E-state index is 0.0798. The van der Waals surface area contributed by atoms with Crippen LogP contribution in [0, 0.1) is 23.7 Å². The number of piperidine rings is 1. The van der Waals surface area contributed by atoms with Crippen LogP contribution in [0.4, 0.5) is 5.82 Å². The molecule has 4 nitrogen and oxygen atoms in total. The Morgan fingerprint density at radius 2 is 2.22 bits per heavy atom. The molecule has 1 atom stereocenters. The second kappa shape index (κ2) is 4.58. The summed E-state index contributed by atoms with van der Waals surface area (Å²) in [6, 6.07) is 6.09. The van der Waals surface area contributed by atoms with E-state index in [2.05, 4.69) is 29.8 Å². The Morgan fingerprint density at radius 3 is 2.83 bits per heavy atom. The molecule has 2 rings (SSSR count). The van der Waals surface area contributed by atoms with Crippen LogP contribution >= 0.6 is 0 Å². The molecule has 0 bridgehead atoms. The number of hydrogen-bond donors (Lipinski definition) is 1. The zero-order valence-electron chi connectivity index (χ0n) is 11.3. The van der Waals surface area contributed by atoms with Gasteiger partial charge in [0.25, 0.3) is 0 Å². The molecule has 1 aliphatic rings. The molecule has 0 aliphatic carbocycles. The molecule has 1 saturated heterocycles. The Morgan fingerprint density at radius 1 is 1.50 bits per heavy atom. The largest absolute Gasteiger partial charge is 0.356 e. The second-order valence-electron chi connectivity index (χ2n) is 5.77. The van der Waals surface area contributed by atoms with E-state index in [1.54, 1.807) is 0 Å². The molecule has 2 heterocycles. The third-order valence-electron chi connectivity index (χ3n) is 3.71. The Kier molecular flexibility index (Phi) is 3.27. The number of aromatic nitrogens is 1. The zero-order valence-corrected chi connectivity index (χ0v) is 11.3. The van der Waals surface area contributed by atoms with Gasteiger partial charge in [-0.15, -0.1) is 0 Å². The van der Waals surface area contributed by atoms with Crippen LogP contribution in [0.3, 0.4) is 0 Å². The molecule has 1 fully saturated rings. The van der Waals surface area contributed by atoms with Gasteiger partial charge in [-0.05, 0) is 30.9 Å². The highest BCUT2D eigenvalue weighted by Crippen LogP contribution is 2.30. The molecule has 4 heteroatoms. The monoisotopic (exact) mass is 244 g/mol. The molecule has 2 N–H and O–H groups in total. The van der Waals surface area contributed by atoms with E-state index < -0.39 is 0 Å². The van der Waals surface area contributed by atoms with Gasteiger partial charge in [-0.2, -0.15) is 5.26 Å². The number of anilines is 1. The number of nitrogens with zero attached hydrogens (tertiary/aromatic N) is 3. The van der Waals surface area contributed by atoms with E-state index >= 15 is 0 Å². The summed E-state index contributed by atoms with van der Waals surface area (Å²) in [6.45, 7) is 8.09. The van der Waals surface area contributed by atoms with Crippen molar-refractivity contribution in [1.82, 2.24) is 4.98 Å². The molecule has 0 amide bonds. The fraction of sp³-hybridized carbons (Fsp3) is 0.571. The molecule has 1 aromatic heterocycles. The van der Waals surface area contributed by atoms with Crippen molar-refractivity contribution in [3.8, 4) is 6.07 Å². The van der Waals surface area contributed by atoms with Crippen LogP contribution in [0.15, 0.2) is 12.1 Å². The van der Waals surface area contributed by atoms with Crippen molar-refractivity contribution in [2.75, 3.05) is 18.0 Å². The summed E-state index contributed by atoms with van der Waals surface area (Å²) in [4.78, 5) is 6.76. The lowest BCUT2D eigenvalue weighted by atomic mass is 9.80. The lowest BCUT2D eigenvalue weighted by Crippen LogP contribution is -2.52. The number of nitriles is 1. The summed E-state index contributed by atoms with van der Waals surface area (Å²) in [6.07, 6.45) is 0.963. The number of rotatable bonds is 1. The smallest absolute Gasteiger partial charge is 0.130 e. The van der Waals surface area contributed by atoms with Crippen LogP contribution in [-0.4, -0.2) is 24.1 Å². The third kappa shape index (κ3) is 2.46. The van der Waals surface area contributed by atoms with Gasteiger partial charge in [-0.3, -0.25) is 0 Å². The first kappa shape index (κ1) is 12.8. The van der Waals surface area contributed by atoms with Gasteiger partial charge in [0.15, 0.2) is 0 Å². The SMILES string of the molecule is Cc1cc(C#N)cc(N2CCC(N)C(C)(C)C2)n1. The van der Waals surface area contributed by atoms with Gasteiger partial charge in [-0.1, -0.05) is 13.8 Å². The predicted molar refractivity (Wildman–Crippen MR) is 72.3 cm³/mol. The summed E-state index contributed by atoms with van der Waals surface area (Å²) in [5, 5.41) is 9.01. The molecule has 1 aliphatic heterocycles. The van der Waals surface area contributed by atoms with E-state index in [-0.39, 0.29) is 11.5 Å². The predicted octanol–water partition coefficient (Wildman–Crippen LogP) is 1.83. The summed E-state index contributed by atoms with van der Waals surface area (Å²) < 4.78 is 0. The fourth-order valence-corrected chi connectivity index (χ4v) is 2.45. The quantitative estimate of drug-likeness (QED) is 0.818. The number of hydrogen-bond acceptors (Lipinski definition) is 4. The van der Waals surface area contributed by atoms with Crippen molar-refractivity contribution >= 4 is 5.82 Å². The van der Waals surface area contributed by atoms with E-state index in [1.807, 2.05) is 19.1 Å². The maximum Gasteiger partial charge on any atom is 0.130 e. The molecule has 18 heavy (non-hydrogen) atoms. The highest BCUT2D eigenvalue weighted by molar-refractivity contribution is 5.47. The second-order valence-corrected chi connectivity index (χ2v) is 5.77. The van der Waals surface area contributed by atoms with Crippen LogP contribution in [0.1, 0.15) is 31.5 Å². The number of nitrogens with two attached hydrogens (primary N) is 1. The van der Waals surface area contributed by atoms with Crippen LogP contribution in [-0.2, 0) is 0 Å². The minimum absolute atomic E-state index is 0.0798. The van der Waals surface area contributed by atoms with Gasteiger partial charge >= 0.3 is 0 Å². The van der Waals surface area contributed by atoms with E-state index in [9.17, 15) is 0 Å². The highest BCUT2D eigenvalue weighted by atomic mass is 15.2. The maximum absolute atomic E-state index is 9.01. The van der Waals surface area contributed by atoms with Crippen molar-refractivity contribution in [1.29, 1.82) is 5.26 Å². The standard InChI is InChI=1S/C14H20N4/c1-10-6-11(8-15)7-13(17-10)18-5-4-12(16)14(2,3)9-18/h6-7,12H,4-5,9,16H2,1-3H3. The summed E-state index contributed by atoms with van der Waals surface area (Å²) in [7, 11) is 0. The summed E-state index contributed by atoms with van der Waals surface area (Å²) >= 11 is 0. The Bertz CT molecular complexity index is 487. The van der Waals surface area contributed by atoms with E-state index in [0.29, 0.717) is 5.56 Å². The average molecular weight is 244 g/mol. The average Bonchev–Trinajstić information content (AvgIpc) is 2.31. The first-order valence-corrected chi connectivity index (χ1v) is 6.32. The summed E-state index contributed by atoms with van der Waals surface area (Å²) in [5.41, 5.74) is 7.78. The van der Waals surface area contributed by atoms with Crippen LogP contribution < -0.4 is 10.6 Å². The molecule has 1 unspecified atom stereocenters. The van der Waals surface area contributed by atoms with Gasteiger partial charge in [0.1, 0.15) is 5.82 Å². The molecule has 0 radical (unpaired) electrons. The molecule has 1 aromatic rings.